The third kappa shape index (κ3) is 3.91. The summed E-state index contributed by atoms with van der Waals surface area (Å²) < 4.78 is 56.6. The first kappa shape index (κ1) is 23.7. The number of nitrogens with one attached hydrogen (secondary N) is 1. The lowest BCUT2D eigenvalue weighted by Gasteiger charge is -2.36. The summed E-state index contributed by atoms with van der Waals surface area (Å²) in [5.74, 6) is -0.312. The smallest absolute Gasteiger partial charge is 0.416 e. The van der Waals surface area contributed by atoms with Gasteiger partial charge >= 0.3 is 6.18 Å². The lowest BCUT2D eigenvalue weighted by molar-refractivity contribution is -0.137. The van der Waals surface area contributed by atoms with Crippen LogP contribution in [-0.4, -0.2) is 35.1 Å². The van der Waals surface area contributed by atoms with Gasteiger partial charge in [0, 0.05) is 5.56 Å². The molecule has 1 aromatic carbocycles. The molecule has 0 radical (unpaired) electrons. The van der Waals surface area contributed by atoms with E-state index in [9.17, 15) is 18.0 Å². The third-order valence-electron chi connectivity index (χ3n) is 5.66. The average molecular weight is 494 g/mol. The maximum Gasteiger partial charge on any atom is 0.416 e. The topological polar surface area (TPSA) is 95.5 Å². The van der Waals surface area contributed by atoms with E-state index in [1.807, 2.05) is 13.8 Å². The highest BCUT2D eigenvalue weighted by Crippen LogP contribution is 2.52. The van der Waals surface area contributed by atoms with Crippen molar-refractivity contribution in [2.75, 3.05) is 19.5 Å². The maximum absolute atomic E-state index is 13.4. The third-order valence-corrected chi connectivity index (χ3v) is 6.82. The molecule has 0 atom stereocenters. The van der Waals surface area contributed by atoms with E-state index in [1.165, 1.54) is 26.6 Å². The first-order chi connectivity index (χ1) is 16.2. The SMILES string of the molecule is CCC1(CC)Oc2ccc(C(F)(F)F)cc2-c2nc(NC(=O)c3c(OC)ncnc3OC)sc21. The summed E-state index contributed by atoms with van der Waals surface area (Å²) >= 11 is 1.15. The summed E-state index contributed by atoms with van der Waals surface area (Å²) in [5, 5.41) is 2.86. The lowest BCUT2D eigenvalue weighted by Crippen LogP contribution is -2.34. The molecular weight excluding hydrogens is 473 g/mol. The molecule has 0 unspecified atom stereocenters. The van der Waals surface area contributed by atoms with Gasteiger partial charge in [-0.1, -0.05) is 25.2 Å². The molecule has 4 rings (SSSR count). The van der Waals surface area contributed by atoms with E-state index in [-0.39, 0.29) is 28.0 Å². The molecule has 34 heavy (non-hydrogen) atoms. The number of nitrogens with zero attached hydrogens (tertiary/aromatic N) is 3. The highest BCUT2D eigenvalue weighted by molar-refractivity contribution is 7.16. The molecule has 0 bridgehead atoms. The predicted molar refractivity (Wildman–Crippen MR) is 119 cm³/mol. The van der Waals surface area contributed by atoms with Crippen molar-refractivity contribution in [1.29, 1.82) is 0 Å². The van der Waals surface area contributed by atoms with Gasteiger partial charge in [-0.25, -0.2) is 15.0 Å². The summed E-state index contributed by atoms with van der Waals surface area (Å²) in [6.45, 7) is 3.86. The van der Waals surface area contributed by atoms with Crippen molar-refractivity contribution in [3.63, 3.8) is 0 Å². The minimum atomic E-state index is -4.52. The van der Waals surface area contributed by atoms with E-state index in [4.69, 9.17) is 14.2 Å². The zero-order valence-electron chi connectivity index (χ0n) is 18.7. The number of benzene rings is 1. The number of alkyl halides is 3. The Bertz CT molecular complexity index is 1220. The van der Waals surface area contributed by atoms with Crippen molar-refractivity contribution in [2.24, 2.45) is 0 Å². The zero-order chi connectivity index (χ0) is 24.7. The summed E-state index contributed by atoms with van der Waals surface area (Å²) in [4.78, 5) is 26.1. The van der Waals surface area contributed by atoms with Crippen LogP contribution in [0, 0.1) is 0 Å². The molecule has 0 aliphatic carbocycles. The van der Waals surface area contributed by atoms with Crippen molar-refractivity contribution in [2.45, 2.75) is 38.5 Å². The van der Waals surface area contributed by atoms with Crippen LogP contribution in [0.1, 0.15) is 47.5 Å². The number of aromatic nitrogens is 3. The number of amides is 1. The fraction of sp³-hybridized carbons (Fsp3) is 0.364. The van der Waals surface area contributed by atoms with Crippen LogP contribution >= 0.6 is 11.3 Å². The Labute approximate surface area is 197 Å². The normalized spacial score (nSPS) is 14.0. The van der Waals surface area contributed by atoms with Gasteiger partial charge in [-0.05, 0) is 31.0 Å². The van der Waals surface area contributed by atoms with Gasteiger partial charge in [0.15, 0.2) is 10.7 Å². The number of methoxy groups -OCH3 is 2. The molecule has 1 N–H and O–H groups in total. The standard InChI is InChI=1S/C22H21F3N4O4S/c1-5-21(6-2)16-15(12-9-11(22(23,24)25)7-8-13(12)33-21)28-20(34-16)29-17(30)14-18(31-3)26-10-27-19(14)32-4/h7-10H,5-6H2,1-4H3,(H,28,29,30). The Morgan fingerprint density at radius 3 is 2.35 bits per heavy atom. The van der Waals surface area contributed by atoms with Gasteiger partial charge in [-0.15, -0.1) is 0 Å². The van der Waals surface area contributed by atoms with E-state index in [1.54, 1.807) is 0 Å². The van der Waals surface area contributed by atoms with E-state index in [0.29, 0.717) is 29.2 Å². The molecule has 180 valence electrons. The van der Waals surface area contributed by atoms with E-state index < -0.39 is 23.2 Å². The van der Waals surface area contributed by atoms with Crippen LogP contribution in [-0.2, 0) is 11.8 Å². The van der Waals surface area contributed by atoms with Crippen molar-refractivity contribution >= 4 is 22.4 Å². The van der Waals surface area contributed by atoms with E-state index in [0.717, 1.165) is 23.5 Å². The second-order valence-corrected chi connectivity index (χ2v) is 8.43. The van der Waals surface area contributed by atoms with Gasteiger partial charge < -0.3 is 14.2 Å². The molecule has 3 heterocycles. The molecule has 3 aromatic rings. The molecule has 8 nitrogen and oxygen atoms in total. The Balaban J connectivity index is 1.80. The molecule has 1 aliphatic heterocycles. The van der Waals surface area contributed by atoms with Crippen molar-refractivity contribution < 1.29 is 32.2 Å². The minimum Gasteiger partial charge on any atom is -0.481 e. The fourth-order valence-corrected chi connectivity index (χ4v) is 5.08. The van der Waals surface area contributed by atoms with Gasteiger partial charge in [0.2, 0.25) is 11.8 Å². The van der Waals surface area contributed by atoms with Crippen LogP contribution in [0.2, 0.25) is 0 Å². The van der Waals surface area contributed by atoms with E-state index in [2.05, 4.69) is 20.3 Å². The summed E-state index contributed by atoms with van der Waals surface area (Å²) in [7, 11) is 2.70. The number of hydrogen-bond donors (Lipinski definition) is 1. The van der Waals surface area contributed by atoms with Crippen LogP contribution in [0.15, 0.2) is 24.5 Å². The molecule has 0 saturated heterocycles. The number of carbonyl (C=O) groups is 1. The highest BCUT2D eigenvalue weighted by Gasteiger charge is 2.43. The molecule has 0 saturated carbocycles. The van der Waals surface area contributed by atoms with Crippen LogP contribution < -0.4 is 19.5 Å². The Morgan fingerprint density at radius 1 is 1.15 bits per heavy atom. The summed E-state index contributed by atoms with van der Waals surface area (Å²) in [6.07, 6.45) is -2.21. The van der Waals surface area contributed by atoms with Crippen molar-refractivity contribution in [3.05, 3.63) is 40.5 Å². The van der Waals surface area contributed by atoms with Gasteiger partial charge in [-0.2, -0.15) is 13.2 Å². The number of rotatable bonds is 6. The largest absolute Gasteiger partial charge is 0.481 e. The summed E-state index contributed by atoms with van der Waals surface area (Å²) in [5.41, 5.74) is -1.06. The first-order valence-electron chi connectivity index (χ1n) is 10.3. The Kier molecular flexibility index (Phi) is 6.11. The maximum atomic E-state index is 13.4. The Hall–Kier alpha value is -3.41. The quantitative estimate of drug-likeness (QED) is 0.497. The monoisotopic (exact) mass is 494 g/mol. The van der Waals surface area contributed by atoms with Gasteiger partial charge in [-0.3, -0.25) is 10.1 Å². The minimum absolute atomic E-state index is 0.00521. The fourth-order valence-electron chi connectivity index (χ4n) is 3.84. The number of anilines is 1. The van der Waals surface area contributed by atoms with Crippen molar-refractivity contribution in [1.82, 2.24) is 15.0 Å². The summed E-state index contributed by atoms with van der Waals surface area (Å²) in [6, 6.07) is 3.32. The zero-order valence-corrected chi connectivity index (χ0v) is 19.6. The van der Waals surface area contributed by atoms with Crippen LogP contribution in [0.4, 0.5) is 18.3 Å². The lowest BCUT2D eigenvalue weighted by atomic mass is 9.88. The molecule has 1 aliphatic rings. The molecular formula is C22H21F3N4O4S. The van der Waals surface area contributed by atoms with Crippen LogP contribution in [0.3, 0.4) is 0 Å². The number of carbonyl (C=O) groups excluding carboxylic acids is 1. The molecule has 0 fully saturated rings. The van der Waals surface area contributed by atoms with Crippen LogP contribution in [0.25, 0.3) is 11.3 Å². The second-order valence-electron chi connectivity index (χ2n) is 7.43. The molecule has 12 heteroatoms. The number of thiazole rings is 1. The van der Waals surface area contributed by atoms with Crippen LogP contribution in [0.5, 0.6) is 17.5 Å². The first-order valence-corrected chi connectivity index (χ1v) is 11.1. The van der Waals surface area contributed by atoms with Crippen molar-refractivity contribution in [3.8, 4) is 28.8 Å². The number of ether oxygens (including phenoxy) is 3. The van der Waals surface area contributed by atoms with Gasteiger partial charge in [0.25, 0.3) is 5.91 Å². The predicted octanol–water partition coefficient (Wildman–Crippen LogP) is 5.30. The van der Waals surface area contributed by atoms with Gasteiger partial charge in [0.1, 0.15) is 17.7 Å². The number of halogens is 3. The second kappa shape index (κ2) is 8.75. The average Bonchev–Trinajstić information content (AvgIpc) is 3.26. The molecule has 2 aromatic heterocycles. The Morgan fingerprint density at radius 2 is 1.79 bits per heavy atom. The van der Waals surface area contributed by atoms with E-state index >= 15 is 0 Å². The number of hydrogen-bond acceptors (Lipinski definition) is 8. The number of fused-ring (bicyclic) bond motifs is 3. The highest BCUT2D eigenvalue weighted by atomic mass is 32.1. The molecule has 1 amide bonds. The molecule has 0 spiro atoms. The van der Waals surface area contributed by atoms with Gasteiger partial charge in [0.05, 0.1) is 30.4 Å².